The van der Waals surface area contributed by atoms with Crippen molar-refractivity contribution in [3.8, 4) is 17.6 Å². The van der Waals surface area contributed by atoms with Gasteiger partial charge in [-0.25, -0.2) is 4.79 Å². The standard InChI is InChI=1S/C17H15NO4/c1-20-14-6-7-16(21-2)15(9-14)17(19)22-11-13-5-3-4-12(8-13)10-18/h3-9H,11H2,1-2H3. The van der Waals surface area contributed by atoms with Gasteiger partial charge in [0.15, 0.2) is 0 Å². The van der Waals surface area contributed by atoms with Gasteiger partial charge in [-0.3, -0.25) is 0 Å². The molecule has 5 nitrogen and oxygen atoms in total. The lowest BCUT2D eigenvalue weighted by molar-refractivity contribution is 0.0468. The van der Waals surface area contributed by atoms with Crippen LogP contribution in [-0.2, 0) is 11.3 Å². The predicted octanol–water partition coefficient (Wildman–Crippen LogP) is 2.93. The van der Waals surface area contributed by atoms with Crippen LogP contribution in [0.25, 0.3) is 0 Å². The molecule has 0 saturated carbocycles. The van der Waals surface area contributed by atoms with E-state index in [1.165, 1.54) is 14.2 Å². The van der Waals surface area contributed by atoms with Gasteiger partial charge in [0, 0.05) is 0 Å². The second-order valence-electron chi connectivity index (χ2n) is 4.45. The van der Waals surface area contributed by atoms with Gasteiger partial charge in [-0.15, -0.1) is 0 Å². The minimum Gasteiger partial charge on any atom is -0.497 e. The predicted molar refractivity (Wildman–Crippen MR) is 79.8 cm³/mol. The summed E-state index contributed by atoms with van der Waals surface area (Å²) in [6.45, 7) is 0.0781. The Morgan fingerprint density at radius 1 is 1.14 bits per heavy atom. The van der Waals surface area contributed by atoms with Crippen LogP contribution in [0, 0.1) is 11.3 Å². The number of hydrogen-bond donors (Lipinski definition) is 0. The molecule has 0 aromatic heterocycles. The first kappa shape index (κ1) is 15.4. The van der Waals surface area contributed by atoms with Crippen LogP contribution in [0.1, 0.15) is 21.5 Å². The molecule has 0 spiro atoms. The van der Waals surface area contributed by atoms with Crippen molar-refractivity contribution in [2.45, 2.75) is 6.61 Å². The third-order valence-corrected chi connectivity index (χ3v) is 3.05. The number of nitriles is 1. The number of hydrogen-bond acceptors (Lipinski definition) is 5. The zero-order valence-electron chi connectivity index (χ0n) is 12.3. The zero-order chi connectivity index (χ0) is 15.9. The van der Waals surface area contributed by atoms with Gasteiger partial charge in [-0.05, 0) is 35.9 Å². The molecule has 0 aliphatic heterocycles. The molecule has 0 unspecified atom stereocenters. The average molecular weight is 297 g/mol. The highest BCUT2D eigenvalue weighted by Crippen LogP contribution is 2.25. The number of ether oxygens (including phenoxy) is 3. The Hall–Kier alpha value is -3.00. The van der Waals surface area contributed by atoms with E-state index in [1.54, 1.807) is 42.5 Å². The van der Waals surface area contributed by atoms with Crippen molar-refractivity contribution in [3.05, 3.63) is 59.2 Å². The fourth-order valence-corrected chi connectivity index (χ4v) is 1.93. The van der Waals surface area contributed by atoms with E-state index in [0.717, 1.165) is 5.56 Å². The van der Waals surface area contributed by atoms with Crippen LogP contribution in [0.5, 0.6) is 11.5 Å². The molecule has 0 radical (unpaired) electrons. The Morgan fingerprint density at radius 2 is 1.95 bits per heavy atom. The van der Waals surface area contributed by atoms with Gasteiger partial charge in [-0.2, -0.15) is 5.26 Å². The maximum absolute atomic E-state index is 12.2. The minimum atomic E-state index is -0.516. The molecule has 0 aliphatic rings. The number of rotatable bonds is 5. The summed E-state index contributed by atoms with van der Waals surface area (Å²) >= 11 is 0. The lowest BCUT2D eigenvalue weighted by Crippen LogP contribution is -2.07. The molecule has 2 rings (SSSR count). The van der Waals surface area contributed by atoms with Crippen molar-refractivity contribution in [1.29, 1.82) is 5.26 Å². The molecule has 0 aliphatic carbocycles. The van der Waals surface area contributed by atoms with Crippen molar-refractivity contribution < 1.29 is 19.0 Å². The summed E-state index contributed by atoms with van der Waals surface area (Å²) in [6.07, 6.45) is 0. The molecule has 0 fully saturated rings. The summed E-state index contributed by atoms with van der Waals surface area (Å²) in [4.78, 5) is 12.2. The van der Waals surface area contributed by atoms with Gasteiger partial charge >= 0.3 is 5.97 Å². The summed E-state index contributed by atoms with van der Waals surface area (Å²) in [6, 6.07) is 13.9. The van der Waals surface area contributed by atoms with Gasteiger partial charge in [0.2, 0.25) is 0 Å². The zero-order valence-corrected chi connectivity index (χ0v) is 12.3. The molecule has 22 heavy (non-hydrogen) atoms. The largest absolute Gasteiger partial charge is 0.497 e. The number of esters is 1. The van der Waals surface area contributed by atoms with E-state index < -0.39 is 5.97 Å². The number of carbonyl (C=O) groups excluding carboxylic acids is 1. The highest BCUT2D eigenvalue weighted by atomic mass is 16.5. The molecule has 0 amide bonds. The fourth-order valence-electron chi connectivity index (χ4n) is 1.93. The molecule has 0 heterocycles. The van der Waals surface area contributed by atoms with Crippen LogP contribution >= 0.6 is 0 Å². The van der Waals surface area contributed by atoms with Crippen molar-refractivity contribution in [3.63, 3.8) is 0 Å². The Kier molecular flexibility index (Phi) is 4.99. The number of nitrogens with zero attached hydrogens (tertiary/aromatic N) is 1. The summed E-state index contributed by atoms with van der Waals surface area (Å²) in [5.41, 5.74) is 1.56. The topological polar surface area (TPSA) is 68.6 Å². The molecule has 2 aromatic carbocycles. The van der Waals surface area contributed by atoms with Crippen LogP contribution < -0.4 is 9.47 Å². The maximum Gasteiger partial charge on any atom is 0.342 e. The lowest BCUT2D eigenvalue weighted by Gasteiger charge is -2.10. The van der Waals surface area contributed by atoms with Crippen molar-refractivity contribution in [2.75, 3.05) is 14.2 Å². The third-order valence-electron chi connectivity index (χ3n) is 3.05. The fraction of sp³-hybridized carbons (Fsp3) is 0.176. The van der Waals surface area contributed by atoms with Crippen LogP contribution in [0.15, 0.2) is 42.5 Å². The Labute approximate surface area is 128 Å². The van der Waals surface area contributed by atoms with Crippen molar-refractivity contribution in [1.82, 2.24) is 0 Å². The van der Waals surface area contributed by atoms with E-state index >= 15 is 0 Å². The number of methoxy groups -OCH3 is 2. The molecule has 5 heteroatoms. The quantitative estimate of drug-likeness (QED) is 0.794. The van der Waals surface area contributed by atoms with E-state index in [0.29, 0.717) is 22.6 Å². The average Bonchev–Trinajstić information content (AvgIpc) is 2.59. The molecule has 0 saturated heterocycles. The van der Waals surface area contributed by atoms with E-state index in [1.807, 2.05) is 6.07 Å². The van der Waals surface area contributed by atoms with Crippen LogP contribution in [0.3, 0.4) is 0 Å². The van der Waals surface area contributed by atoms with Gasteiger partial charge in [0.1, 0.15) is 23.7 Å². The molecular weight excluding hydrogens is 282 g/mol. The highest BCUT2D eigenvalue weighted by Gasteiger charge is 2.15. The molecular formula is C17H15NO4. The van der Waals surface area contributed by atoms with Crippen molar-refractivity contribution >= 4 is 5.97 Å². The summed E-state index contributed by atoms with van der Waals surface area (Å²) in [7, 11) is 3.00. The van der Waals surface area contributed by atoms with Gasteiger partial charge in [0.05, 0.1) is 25.9 Å². The SMILES string of the molecule is COc1ccc(OC)c(C(=O)OCc2cccc(C#N)c2)c1. The molecule has 0 atom stereocenters. The van der Waals surface area contributed by atoms with Gasteiger partial charge in [0.25, 0.3) is 0 Å². The molecule has 2 aromatic rings. The first-order chi connectivity index (χ1) is 10.7. The first-order valence-electron chi connectivity index (χ1n) is 6.56. The van der Waals surface area contributed by atoms with Crippen molar-refractivity contribution in [2.24, 2.45) is 0 Å². The third kappa shape index (κ3) is 3.55. The minimum absolute atomic E-state index is 0.0781. The normalized spacial score (nSPS) is 9.68. The summed E-state index contributed by atoms with van der Waals surface area (Å²) < 4.78 is 15.5. The Morgan fingerprint density at radius 3 is 2.64 bits per heavy atom. The Balaban J connectivity index is 2.13. The monoisotopic (exact) mass is 297 g/mol. The molecule has 112 valence electrons. The second kappa shape index (κ2) is 7.14. The van der Waals surface area contributed by atoms with Gasteiger partial charge < -0.3 is 14.2 Å². The van der Waals surface area contributed by atoms with E-state index in [4.69, 9.17) is 19.5 Å². The molecule has 0 bridgehead atoms. The number of benzene rings is 2. The van der Waals surface area contributed by atoms with E-state index in [2.05, 4.69) is 0 Å². The summed E-state index contributed by atoms with van der Waals surface area (Å²) in [5, 5.41) is 8.86. The smallest absolute Gasteiger partial charge is 0.342 e. The number of carbonyl (C=O) groups is 1. The lowest BCUT2D eigenvalue weighted by atomic mass is 10.1. The second-order valence-corrected chi connectivity index (χ2v) is 4.45. The Bertz CT molecular complexity index is 719. The van der Waals surface area contributed by atoms with E-state index in [9.17, 15) is 4.79 Å². The van der Waals surface area contributed by atoms with Crippen LogP contribution in [0.2, 0.25) is 0 Å². The van der Waals surface area contributed by atoms with E-state index in [-0.39, 0.29) is 6.61 Å². The maximum atomic E-state index is 12.2. The van der Waals surface area contributed by atoms with Crippen LogP contribution in [0.4, 0.5) is 0 Å². The highest BCUT2D eigenvalue weighted by molar-refractivity contribution is 5.93. The first-order valence-corrected chi connectivity index (χ1v) is 6.56. The summed E-state index contributed by atoms with van der Waals surface area (Å²) in [5.74, 6) is 0.439. The van der Waals surface area contributed by atoms with Crippen LogP contribution in [-0.4, -0.2) is 20.2 Å². The molecule has 0 N–H and O–H groups in total. The van der Waals surface area contributed by atoms with Gasteiger partial charge in [-0.1, -0.05) is 12.1 Å².